The van der Waals surface area contributed by atoms with Crippen LogP contribution in [-0.4, -0.2) is 46.0 Å². The zero-order chi connectivity index (χ0) is 26.8. The number of rotatable bonds is 7. The zero-order valence-electron chi connectivity index (χ0n) is 21.3. The number of nitrogens with one attached hydrogen (secondary N) is 2. The highest BCUT2D eigenvalue weighted by Crippen LogP contribution is 2.39. The van der Waals surface area contributed by atoms with Gasteiger partial charge in [-0.05, 0) is 67.9 Å². The molecule has 8 nitrogen and oxygen atoms in total. The van der Waals surface area contributed by atoms with Gasteiger partial charge in [-0.2, -0.15) is 5.26 Å². The Kier molecular flexibility index (Phi) is 7.23. The summed E-state index contributed by atoms with van der Waals surface area (Å²) in [5.41, 5.74) is 2.55. The first-order valence-corrected chi connectivity index (χ1v) is 13.1. The van der Waals surface area contributed by atoms with E-state index in [9.17, 15) is 19.6 Å². The lowest BCUT2D eigenvalue weighted by Crippen LogP contribution is -2.33. The van der Waals surface area contributed by atoms with Gasteiger partial charge in [0.15, 0.2) is 5.69 Å². The summed E-state index contributed by atoms with van der Waals surface area (Å²) in [6.07, 6.45) is 9.75. The molecule has 0 aromatic carbocycles. The largest absolute Gasteiger partial charge is 0.477 e. The molecule has 38 heavy (non-hydrogen) atoms. The van der Waals surface area contributed by atoms with Crippen molar-refractivity contribution in [3.05, 3.63) is 59.6 Å². The standard InChI is InChI=1S/C29H31FN6O2/c1-17-2-5-22(6-3-17)34-28-26(27(32)20-12-21(30)13-20)23(14-24(35-28)29(37)38)19-4-7-25(33-16-19)36-10-8-18(15-31)9-11-36/h2,4-7,14,16-18,20-21,32H,3,8-13H2,1H3,(H,34,35)(H,37,38). The second kappa shape index (κ2) is 10.7. The van der Waals surface area contributed by atoms with Crippen molar-refractivity contribution in [1.29, 1.82) is 10.7 Å². The molecular weight excluding hydrogens is 483 g/mol. The van der Waals surface area contributed by atoms with Crippen molar-refractivity contribution in [2.24, 2.45) is 17.8 Å². The number of alkyl halides is 1. The highest BCUT2D eigenvalue weighted by molar-refractivity contribution is 6.10. The Morgan fingerprint density at radius 2 is 2.05 bits per heavy atom. The summed E-state index contributed by atoms with van der Waals surface area (Å²) in [6, 6.07) is 7.58. The van der Waals surface area contributed by atoms with Gasteiger partial charge < -0.3 is 20.7 Å². The van der Waals surface area contributed by atoms with Gasteiger partial charge in [-0.1, -0.05) is 19.1 Å². The number of allylic oxidation sites excluding steroid dienone is 3. The molecular formula is C29H31FN6O2. The van der Waals surface area contributed by atoms with Crippen LogP contribution in [-0.2, 0) is 0 Å². The maximum atomic E-state index is 13.8. The van der Waals surface area contributed by atoms with Gasteiger partial charge in [0.05, 0.1) is 6.07 Å². The van der Waals surface area contributed by atoms with Crippen LogP contribution in [0.4, 0.5) is 16.0 Å². The smallest absolute Gasteiger partial charge is 0.354 e. The van der Waals surface area contributed by atoms with Crippen molar-refractivity contribution in [1.82, 2.24) is 9.97 Å². The third-order valence-electron chi connectivity index (χ3n) is 7.63. The number of hydrogen-bond donors (Lipinski definition) is 3. The van der Waals surface area contributed by atoms with Gasteiger partial charge in [-0.15, -0.1) is 0 Å². The quantitative estimate of drug-likeness (QED) is 0.411. The van der Waals surface area contributed by atoms with Crippen LogP contribution in [0.2, 0.25) is 0 Å². The molecule has 2 aromatic rings. The predicted molar refractivity (Wildman–Crippen MR) is 144 cm³/mol. The summed E-state index contributed by atoms with van der Waals surface area (Å²) in [5.74, 6) is 0.111. The third kappa shape index (κ3) is 5.30. The van der Waals surface area contributed by atoms with E-state index in [1.54, 1.807) is 6.20 Å². The van der Waals surface area contributed by atoms with Crippen LogP contribution < -0.4 is 10.2 Å². The predicted octanol–water partition coefficient (Wildman–Crippen LogP) is 5.59. The first-order valence-electron chi connectivity index (χ1n) is 13.1. The lowest BCUT2D eigenvalue weighted by atomic mass is 9.76. The van der Waals surface area contributed by atoms with E-state index in [0.717, 1.165) is 43.9 Å². The minimum atomic E-state index is -1.17. The maximum absolute atomic E-state index is 13.8. The Labute approximate surface area is 221 Å². The summed E-state index contributed by atoms with van der Waals surface area (Å²) in [5, 5.41) is 31.3. The molecule has 3 aliphatic rings. The third-order valence-corrected chi connectivity index (χ3v) is 7.63. The zero-order valence-corrected chi connectivity index (χ0v) is 21.3. The average Bonchev–Trinajstić information content (AvgIpc) is 2.92. The molecule has 0 amide bonds. The van der Waals surface area contributed by atoms with Crippen LogP contribution in [0.3, 0.4) is 0 Å². The SMILES string of the molecule is CC1C=CC(Nc2nc(C(=O)O)cc(-c3ccc(N4CCC(C#N)CC4)nc3)c2C(=N)C2CC(F)C2)=CC1. The number of nitriles is 1. The van der Waals surface area contributed by atoms with Gasteiger partial charge in [-0.25, -0.2) is 19.2 Å². The van der Waals surface area contributed by atoms with E-state index in [0.29, 0.717) is 22.6 Å². The number of pyridine rings is 2. The summed E-state index contributed by atoms with van der Waals surface area (Å²) < 4.78 is 13.8. The lowest BCUT2D eigenvalue weighted by Gasteiger charge is -2.32. The lowest BCUT2D eigenvalue weighted by molar-refractivity contribution is 0.0690. The topological polar surface area (TPSA) is 126 Å². The van der Waals surface area contributed by atoms with Crippen LogP contribution in [0.15, 0.2) is 48.3 Å². The van der Waals surface area contributed by atoms with E-state index in [-0.39, 0.29) is 41.9 Å². The maximum Gasteiger partial charge on any atom is 0.354 e. The van der Waals surface area contributed by atoms with E-state index in [4.69, 9.17) is 5.41 Å². The van der Waals surface area contributed by atoms with Gasteiger partial charge >= 0.3 is 5.97 Å². The normalized spacial score (nSPS) is 23.2. The molecule has 0 bridgehead atoms. The Morgan fingerprint density at radius 3 is 2.63 bits per heavy atom. The van der Waals surface area contributed by atoms with Gasteiger partial charge in [0, 0.05) is 53.7 Å². The number of aromatic nitrogens is 2. The van der Waals surface area contributed by atoms with Gasteiger partial charge in [0.1, 0.15) is 17.8 Å². The molecule has 0 radical (unpaired) electrons. The Hall–Kier alpha value is -4.06. The summed E-state index contributed by atoms with van der Waals surface area (Å²) in [7, 11) is 0. The fourth-order valence-corrected chi connectivity index (χ4v) is 5.16. The van der Waals surface area contributed by atoms with Crippen molar-refractivity contribution in [2.45, 2.75) is 45.2 Å². The number of anilines is 2. The van der Waals surface area contributed by atoms with Crippen LogP contribution in [0.1, 0.15) is 55.1 Å². The average molecular weight is 515 g/mol. The highest BCUT2D eigenvalue weighted by Gasteiger charge is 2.35. The molecule has 196 valence electrons. The molecule has 3 heterocycles. The number of piperidine rings is 1. The number of carbonyl (C=O) groups is 1. The fraction of sp³-hybridized carbons (Fsp3) is 0.414. The molecule has 2 aromatic heterocycles. The molecule has 9 heteroatoms. The number of halogens is 1. The Bertz CT molecular complexity index is 1330. The molecule has 1 unspecified atom stereocenters. The van der Waals surface area contributed by atoms with Crippen molar-refractivity contribution >= 4 is 23.3 Å². The highest BCUT2D eigenvalue weighted by atomic mass is 19.1. The Morgan fingerprint density at radius 1 is 1.29 bits per heavy atom. The number of aromatic carboxylic acids is 1. The van der Waals surface area contributed by atoms with Crippen molar-refractivity contribution in [3.63, 3.8) is 0 Å². The van der Waals surface area contributed by atoms with Crippen molar-refractivity contribution in [3.8, 4) is 17.2 Å². The van der Waals surface area contributed by atoms with Gasteiger partial charge in [0.2, 0.25) is 0 Å². The minimum Gasteiger partial charge on any atom is -0.477 e. The van der Waals surface area contributed by atoms with Crippen LogP contribution in [0.25, 0.3) is 11.1 Å². The van der Waals surface area contributed by atoms with Crippen LogP contribution in [0, 0.1) is 34.5 Å². The van der Waals surface area contributed by atoms with Crippen molar-refractivity contribution < 1.29 is 14.3 Å². The minimum absolute atomic E-state index is 0.0732. The van der Waals surface area contributed by atoms with E-state index in [1.165, 1.54) is 6.07 Å². The molecule has 1 aliphatic heterocycles. The summed E-state index contributed by atoms with van der Waals surface area (Å²) in [4.78, 5) is 23.2. The number of carboxylic acid groups (broad SMARTS) is 1. The number of hydrogen-bond acceptors (Lipinski definition) is 7. The number of nitrogens with zero attached hydrogens (tertiary/aromatic N) is 4. The second-order valence-electron chi connectivity index (χ2n) is 10.4. The van der Waals surface area contributed by atoms with Gasteiger partial charge in [0.25, 0.3) is 0 Å². The molecule has 1 saturated carbocycles. The van der Waals surface area contributed by atoms with E-state index in [2.05, 4.69) is 39.3 Å². The first-order chi connectivity index (χ1) is 18.3. The van der Waals surface area contributed by atoms with E-state index >= 15 is 0 Å². The molecule has 2 aliphatic carbocycles. The van der Waals surface area contributed by atoms with Gasteiger partial charge in [-0.3, -0.25) is 0 Å². The number of carboxylic acids is 1. The van der Waals surface area contributed by atoms with Crippen molar-refractivity contribution in [2.75, 3.05) is 23.3 Å². The molecule has 1 saturated heterocycles. The molecule has 2 fully saturated rings. The van der Waals surface area contributed by atoms with E-state index < -0.39 is 12.1 Å². The fourth-order valence-electron chi connectivity index (χ4n) is 5.16. The summed E-state index contributed by atoms with van der Waals surface area (Å²) in [6.45, 7) is 3.61. The van der Waals surface area contributed by atoms with E-state index in [1.807, 2.05) is 24.3 Å². The molecule has 3 N–H and O–H groups in total. The van der Waals surface area contributed by atoms with Crippen LogP contribution in [0.5, 0.6) is 0 Å². The molecule has 5 rings (SSSR count). The molecule has 1 atom stereocenters. The molecule has 0 spiro atoms. The summed E-state index contributed by atoms with van der Waals surface area (Å²) >= 11 is 0. The first kappa shape index (κ1) is 25.6. The van der Waals surface area contributed by atoms with Crippen LogP contribution >= 0.6 is 0 Å². The second-order valence-corrected chi connectivity index (χ2v) is 10.4. The Balaban J connectivity index is 1.54. The monoisotopic (exact) mass is 514 g/mol.